The molecule has 1 fully saturated rings. The highest BCUT2D eigenvalue weighted by Crippen LogP contribution is 2.41. The quantitative estimate of drug-likeness (QED) is 0.500. The summed E-state index contributed by atoms with van der Waals surface area (Å²) in [7, 11) is 0. The molecule has 1 aliphatic rings. The van der Waals surface area contributed by atoms with E-state index in [9.17, 15) is 18.4 Å². The second-order valence-corrected chi connectivity index (χ2v) is 8.38. The number of aryl methyl sites for hydroxylation is 2. The van der Waals surface area contributed by atoms with Gasteiger partial charge in [-0.15, -0.1) is 0 Å². The van der Waals surface area contributed by atoms with Crippen LogP contribution in [0.3, 0.4) is 0 Å². The second kappa shape index (κ2) is 7.91. The number of carbonyl (C=O) groups excluding carboxylic acids is 1. The first-order valence-electron chi connectivity index (χ1n) is 10.6. The topological polar surface area (TPSA) is 81.8 Å². The Morgan fingerprint density at radius 2 is 1.91 bits per heavy atom. The molecule has 2 heterocycles. The largest absolute Gasteiger partial charge is 0.322 e. The van der Waals surface area contributed by atoms with Gasteiger partial charge in [0.25, 0.3) is 5.56 Å². The second-order valence-electron chi connectivity index (χ2n) is 8.38. The Hall–Kier alpha value is -3.88. The lowest BCUT2D eigenvalue weighted by Crippen LogP contribution is -2.31. The van der Waals surface area contributed by atoms with Gasteiger partial charge < -0.3 is 5.32 Å². The Balaban J connectivity index is 1.56. The Morgan fingerprint density at radius 3 is 2.61 bits per heavy atom. The zero-order chi connectivity index (χ0) is 23.3. The number of anilines is 1. The van der Waals surface area contributed by atoms with Gasteiger partial charge in [0.05, 0.1) is 23.3 Å². The molecular formula is C24H21F2N5O2. The van der Waals surface area contributed by atoms with Gasteiger partial charge in [0.15, 0.2) is 0 Å². The fraction of sp³-hybridized carbons (Fsp3) is 0.250. The van der Waals surface area contributed by atoms with Gasteiger partial charge >= 0.3 is 0 Å². The molecule has 0 spiro atoms. The van der Waals surface area contributed by atoms with Gasteiger partial charge in [-0.3, -0.25) is 9.59 Å². The SMILES string of the molecule is Cc1ccc(-n2ncc3c(C4CC4)nn(CC(=O)Nc4ccc(F)cc4F)c(=O)c32)cc1C. The lowest BCUT2D eigenvalue weighted by Gasteiger charge is -2.11. The van der Waals surface area contributed by atoms with Crippen LogP contribution < -0.4 is 10.9 Å². The summed E-state index contributed by atoms with van der Waals surface area (Å²) in [6, 6.07) is 8.66. The van der Waals surface area contributed by atoms with Crippen LogP contribution in [0.5, 0.6) is 0 Å². The molecule has 7 nitrogen and oxygen atoms in total. The number of benzene rings is 2. The molecule has 0 radical (unpaired) electrons. The molecule has 1 aliphatic carbocycles. The summed E-state index contributed by atoms with van der Waals surface area (Å²) in [5.74, 6) is -2.09. The predicted octanol–water partition coefficient (Wildman–Crippen LogP) is 3.99. The monoisotopic (exact) mass is 449 g/mol. The number of carbonyl (C=O) groups is 1. The first-order valence-corrected chi connectivity index (χ1v) is 10.6. The van der Waals surface area contributed by atoms with E-state index in [1.165, 1.54) is 0 Å². The van der Waals surface area contributed by atoms with Crippen molar-refractivity contribution in [2.24, 2.45) is 0 Å². The van der Waals surface area contributed by atoms with E-state index in [1.807, 2.05) is 32.0 Å². The number of fused-ring (bicyclic) bond motifs is 1. The summed E-state index contributed by atoms with van der Waals surface area (Å²) in [6.45, 7) is 3.58. The number of rotatable bonds is 5. The van der Waals surface area contributed by atoms with Crippen LogP contribution in [0, 0.1) is 25.5 Å². The van der Waals surface area contributed by atoms with E-state index in [0.717, 1.165) is 52.2 Å². The van der Waals surface area contributed by atoms with Crippen molar-refractivity contribution < 1.29 is 13.6 Å². The number of amides is 1. The number of hydrogen-bond acceptors (Lipinski definition) is 4. The van der Waals surface area contributed by atoms with Gasteiger partial charge in [0.2, 0.25) is 5.91 Å². The van der Waals surface area contributed by atoms with Crippen LogP contribution in [0.15, 0.2) is 47.4 Å². The standard InChI is InChI=1S/C24H21F2N5O2/c1-13-3-7-17(9-14(13)2)31-23-18(11-27-31)22(15-4-5-15)29-30(24(23)33)12-21(32)28-20-8-6-16(25)10-19(20)26/h3,6-11,15H,4-5,12H2,1-2H3,(H,28,32). The first-order chi connectivity index (χ1) is 15.8. The molecule has 0 aliphatic heterocycles. The molecule has 1 N–H and O–H groups in total. The van der Waals surface area contributed by atoms with Gasteiger partial charge in [-0.25, -0.2) is 18.1 Å². The fourth-order valence-electron chi connectivity index (χ4n) is 3.83. The van der Waals surface area contributed by atoms with Crippen LogP contribution in [0.4, 0.5) is 14.5 Å². The van der Waals surface area contributed by atoms with Crippen LogP contribution >= 0.6 is 0 Å². The van der Waals surface area contributed by atoms with E-state index in [1.54, 1.807) is 10.9 Å². The van der Waals surface area contributed by atoms with Crippen molar-refractivity contribution in [3.63, 3.8) is 0 Å². The molecular weight excluding hydrogens is 428 g/mol. The number of halogens is 2. The van der Waals surface area contributed by atoms with Gasteiger partial charge in [0, 0.05) is 17.4 Å². The average molecular weight is 449 g/mol. The maximum atomic E-state index is 13.9. The maximum Gasteiger partial charge on any atom is 0.293 e. The minimum atomic E-state index is -0.898. The fourth-order valence-corrected chi connectivity index (χ4v) is 3.83. The van der Waals surface area contributed by atoms with Crippen molar-refractivity contribution in [3.8, 4) is 5.69 Å². The zero-order valence-electron chi connectivity index (χ0n) is 18.1. The molecule has 33 heavy (non-hydrogen) atoms. The van der Waals surface area contributed by atoms with E-state index in [4.69, 9.17) is 0 Å². The van der Waals surface area contributed by atoms with E-state index < -0.39 is 29.6 Å². The lowest BCUT2D eigenvalue weighted by atomic mass is 10.1. The smallest absolute Gasteiger partial charge is 0.293 e. The molecule has 0 saturated heterocycles. The lowest BCUT2D eigenvalue weighted by molar-refractivity contribution is -0.117. The van der Waals surface area contributed by atoms with E-state index >= 15 is 0 Å². The molecule has 1 saturated carbocycles. The van der Waals surface area contributed by atoms with Crippen molar-refractivity contribution in [3.05, 3.63) is 81.4 Å². The maximum absolute atomic E-state index is 13.9. The average Bonchev–Trinajstić information content (AvgIpc) is 3.52. The molecule has 2 aromatic carbocycles. The number of hydrogen-bond donors (Lipinski definition) is 1. The van der Waals surface area contributed by atoms with Crippen LogP contribution in [0.1, 0.15) is 35.6 Å². The molecule has 9 heteroatoms. The summed E-state index contributed by atoms with van der Waals surface area (Å²) < 4.78 is 29.7. The third kappa shape index (κ3) is 3.90. The number of nitrogens with zero attached hydrogens (tertiary/aromatic N) is 4. The van der Waals surface area contributed by atoms with Crippen LogP contribution in [-0.4, -0.2) is 25.5 Å². The molecule has 4 aromatic rings. The van der Waals surface area contributed by atoms with E-state index in [-0.39, 0.29) is 11.6 Å². The highest BCUT2D eigenvalue weighted by Gasteiger charge is 2.30. The summed E-state index contributed by atoms with van der Waals surface area (Å²) in [6.07, 6.45) is 3.54. The van der Waals surface area contributed by atoms with Gasteiger partial charge in [-0.1, -0.05) is 6.07 Å². The molecule has 5 rings (SSSR count). The Kier molecular flexibility index (Phi) is 5.03. The van der Waals surface area contributed by atoms with Crippen molar-refractivity contribution in [2.75, 3.05) is 5.32 Å². The summed E-state index contributed by atoms with van der Waals surface area (Å²) >= 11 is 0. The van der Waals surface area contributed by atoms with Gasteiger partial charge in [-0.2, -0.15) is 10.2 Å². The van der Waals surface area contributed by atoms with Gasteiger partial charge in [0.1, 0.15) is 23.7 Å². The zero-order valence-corrected chi connectivity index (χ0v) is 18.1. The summed E-state index contributed by atoms with van der Waals surface area (Å²) in [4.78, 5) is 26.0. The molecule has 0 bridgehead atoms. The van der Waals surface area contributed by atoms with Crippen LogP contribution in [-0.2, 0) is 11.3 Å². The Labute approximate surface area is 187 Å². The van der Waals surface area contributed by atoms with Crippen LogP contribution in [0.25, 0.3) is 16.6 Å². The summed E-state index contributed by atoms with van der Waals surface area (Å²) in [5.41, 5.74) is 3.35. The highest BCUT2D eigenvalue weighted by atomic mass is 19.1. The molecule has 168 valence electrons. The Bertz CT molecular complexity index is 1470. The van der Waals surface area contributed by atoms with Crippen molar-refractivity contribution in [1.82, 2.24) is 19.6 Å². The Morgan fingerprint density at radius 1 is 1.12 bits per heavy atom. The number of nitrogens with one attached hydrogen (secondary N) is 1. The minimum absolute atomic E-state index is 0.168. The van der Waals surface area contributed by atoms with Gasteiger partial charge in [-0.05, 0) is 62.1 Å². The van der Waals surface area contributed by atoms with Crippen molar-refractivity contribution in [2.45, 2.75) is 39.2 Å². The van der Waals surface area contributed by atoms with Crippen molar-refractivity contribution >= 4 is 22.5 Å². The normalized spacial score (nSPS) is 13.5. The third-order valence-electron chi connectivity index (χ3n) is 5.91. The summed E-state index contributed by atoms with van der Waals surface area (Å²) in [5, 5.41) is 12.0. The highest BCUT2D eigenvalue weighted by molar-refractivity contribution is 5.91. The molecule has 0 unspecified atom stereocenters. The van der Waals surface area contributed by atoms with Crippen molar-refractivity contribution in [1.29, 1.82) is 0 Å². The molecule has 2 aromatic heterocycles. The first kappa shape index (κ1) is 21.0. The molecule has 0 atom stereocenters. The van der Waals surface area contributed by atoms with Crippen LogP contribution in [0.2, 0.25) is 0 Å². The molecule has 1 amide bonds. The number of aromatic nitrogens is 4. The third-order valence-corrected chi connectivity index (χ3v) is 5.91. The predicted molar refractivity (Wildman–Crippen MR) is 120 cm³/mol. The van der Waals surface area contributed by atoms with E-state index in [2.05, 4.69) is 15.5 Å². The minimum Gasteiger partial charge on any atom is -0.322 e. The van der Waals surface area contributed by atoms with E-state index in [0.29, 0.717) is 17.0 Å².